The van der Waals surface area contributed by atoms with E-state index in [9.17, 15) is 4.79 Å². The van der Waals surface area contributed by atoms with Crippen LogP contribution in [0.3, 0.4) is 0 Å². The number of nitrogens with one attached hydrogen (secondary N) is 2. The van der Waals surface area contributed by atoms with E-state index in [1.807, 2.05) is 23.7 Å². The van der Waals surface area contributed by atoms with E-state index in [0.717, 1.165) is 30.0 Å². The smallest absolute Gasteiger partial charge is 0.225 e. The zero-order valence-corrected chi connectivity index (χ0v) is 12.6. The summed E-state index contributed by atoms with van der Waals surface area (Å²) < 4.78 is 1.82. The van der Waals surface area contributed by atoms with Crippen molar-refractivity contribution in [2.45, 2.75) is 26.3 Å². The van der Waals surface area contributed by atoms with Crippen LogP contribution in [-0.4, -0.2) is 38.7 Å². The van der Waals surface area contributed by atoms with Crippen molar-refractivity contribution in [3.63, 3.8) is 0 Å². The van der Waals surface area contributed by atoms with Crippen LogP contribution >= 0.6 is 0 Å². The molecule has 0 spiro atoms. The number of nitrogens with zero attached hydrogens (tertiary/aromatic N) is 4. The molecule has 0 bridgehead atoms. The second-order valence-corrected chi connectivity index (χ2v) is 5.48. The number of carbonyl (C=O) groups excluding carboxylic acids is 1. The number of hydrogen-bond donors (Lipinski definition) is 2. The molecule has 0 aromatic carbocycles. The number of anilines is 1. The van der Waals surface area contributed by atoms with Crippen molar-refractivity contribution in [2.75, 3.05) is 18.4 Å². The fraction of sp³-hybridized carbons (Fsp3) is 0.467. The van der Waals surface area contributed by atoms with Crippen LogP contribution in [0.25, 0.3) is 0 Å². The minimum absolute atomic E-state index is 0.0224. The molecule has 7 nitrogen and oxygen atoms in total. The van der Waals surface area contributed by atoms with Gasteiger partial charge in [-0.3, -0.25) is 4.79 Å². The highest BCUT2D eigenvalue weighted by Gasteiger charge is 2.25. The van der Waals surface area contributed by atoms with Gasteiger partial charge in [0.05, 0.1) is 12.5 Å². The Morgan fingerprint density at radius 2 is 2.32 bits per heavy atom. The summed E-state index contributed by atoms with van der Waals surface area (Å²) in [6.45, 7) is 3.86. The van der Waals surface area contributed by atoms with Crippen molar-refractivity contribution in [1.29, 1.82) is 0 Å². The molecule has 0 radical (unpaired) electrons. The van der Waals surface area contributed by atoms with Crippen LogP contribution in [0.2, 0.25) is 0 Å². The van der Waals surface area contributed by atoms with Gasteiger partial charge in [-0.1, -0.05) is 6.07 Å². The summed E-state index contributed by atoms with van der Waals surface area (Å²) in [7, 11) is 0. The van der Waals surface area contributed by atoms with Gasteiger partial charge in [0.15, 0.2) is 0 Å². The lowest BCUT2D eigenvalue weighted by molar-refractivity contribution is -0.125. The second-order valence-electron chi connectivity index (χ2n) is 5.48. The maximum Gasteiger partial charge on any atom is 0.225 e. The molecule has 1 unspecified atom stereocenters. The molecular formula is C15H20N6O. The van der Waals surface area contributed by atoms with Crippen LogP contribution in [0.15, 0.2) is 24.7 Å². The summed E-state index contributed by atoms with van der Waals surface area (Å²) in [4.78, 5) is 20.6. The van der Waals surface area contributed by atoms with E-state index in [1.165, 1.54) is 0 Å². The Kier molecular flexibility index (Phi) is 4.32. The first kappa shape index (κ1) is 14.5. The van der Waals surface area contributed by atoms with Crippen molar-refractivity contribution >= 4 is 11.7 Å². The Bertz CT molecular complexity index is 653. The number of amides is 1. The molecule has 2 aromatic rings. The highest BCUT2D eigenvalue weighted by Crippen LogP contribution is 2.17. The number of rotatable bonds is 5. The van der Waals surface area contributed by atoms with E-state index in [2.05, 4.69) is 25.7 Å². The topological polar surface area (TPSA) is 84.7 Å². The first-order valence-electron chi connectivity index (χ1n) is 7.54. The highest BCUT2D eigenvalue weighted by molar-refractivity contribution is 5.78. The molecule has 1 aliphatic heterocycles. The van der Waals surface area contributed by atoms with E-state index in [0.29, 0.717) is 19.6 Å². The average Bonchev–Trinajstić information content (AvgIpc) is 3.00. The molecule has 1 atom stereocenters. The summed E-state index contributed by atoms with van der Waals surface area (Å²) >= 11 is 0. The fourth-order valence-corrected chi connectivity index (χ4v) is 2.63. The van der Waals surface area contributed by atoms with E-state index in [-0.39, 0.29) is 11.8 Å². The molecule has 7 heteroatoms. The minimum atomic E-state index is -0.0224. The van der Waals surface area contributed by atoms with Gasteiger partial charge < -0.3 is 10.6 Å². The molecule has 22 heavy (non-hydrogen) atoms. The van der Waals surface area contributed by atoms with Crippen LogP contribution in [0.1, 0.15) is 17.8 Å². The zero-order chi connectivity index (χ0) is 15.4. The number of hydrogen-bond acceptors (Lipinski definition) is 5. The second kappa shape index (κ2) is 6.55. The van der Waals surface area contributed by atoms with Crippen molar-refractivity contribution in [3.05, 3.63) is 36.0 Å². The zero-order valence-electron chi connectivity index (χ0n) is 12.6. The average molecular weight is 300 g/mol. The molecule has 0 saturated carbocycles. The lowest BCUT2D eigenvalue weighted by Crippen LogP contribution is -2.38. The highest BCUT2D eigenvalue weighted by atomic mass is 16.1. The maximum absolute atomic E-state index is 12.2. The van der Waals surface area contributed by atoms with Crippen LogP contribution < -0.4 is 10.6 Å². The first-order chi connectivity index (χ1) is 10.7. The lowest BCUT2D eigenvalue weighted by atomic mass is 9.99. The van der Waals surface area contributed by atoms with Crippen LogP contribution in [0.5, 0.6) is 0 Å². The molecule has 2 N–H and O–H groups in total. The summed E-state index contributed by atoms with van der Waals surface area (Å²) in [5.41, 5.74) is 1.10. The first-order valence-corrected chi connectivity index (χ1v) is 7.54. The van der Waals surface area contributed by atoms with Gasteiger partial charge in [0, 0.05) is 25.7 Å². The Morgan fingerprint density at radius 3 is 3.18 bits per heavy atom. The Hall–Kier alpha value is -2.44. The van der Waals surface area contributed by atoms with Gasteiger partial charge >= 0.3 is 0 Å². The molecule has 0 fully saturated rings. The molecule has 2 aromatic heterocycles. The molecule has 3 heterocycles. The van der Waals surface area contributed by atoms with Gasteiger partial charge in [-0.2, -0.15) is 5.10 Å². The molecule has 1 aliphatic rings. The number of carbonyl (C=O) groups is 1. The SMILES string of the molecule is Cc1cccnc1NCCNC(=O)C1CCc2ncnn2C1. The third-order valence-electron chi connectivity index (χ3n) is 3.90. The van der Waals surface area contributed by atoms with E-state index < -0.39 is 0 Å². The number of fused-ring (bicyclic) bond motifs is 1. The normalized spacial score (nSPS) is 16.9. The van der Waals surface area contributed by atoms with E-state index >= 15 is 0 Å². The predicted molar refractivity (Wildman–Crippen MR) is 82.3 cm³/mol. The van der Waals surface area contributed by atoms with E-state index in [1.54, 1.807) is 12.5 Å². The van der Waals surface area contributed by atoms with Crippen molar-refractivity contribution in [1.82, 2.24) is 25.1 Å². The third kappa shape index (κ3) is 3.24. The quantitative estimate of drug-likeness (QED) is 0.797. The lowest BCUT2D eigenvalue weighted by Gasteiger charge is -2.21. The number of pyridine rings is 1. The van der Waals surface area contributed by atoms with Gasteiger partial charge in [-0.15, -0.1) is 0 Å². The van der Waals surface area contributed by atoms with Crippen molar-refractivity contribution in [2.24, 2.45) is 5.92 Å². The van der Waals surface area contributed by atoms with Gasteiger partial charge in [-0.05, 0) is 25.0 Å². The maximum atomic E-state index is 12.2. The standard InChI is InChI=1S/C15H20N6O/c1-11-3-2-6-16-14(11)17-7-8-18-15(22)12-4-5-13-19-10-20-21(13)9-12/h2-3,6,10,12H,4-5,7-9H2,1H3,(H,16,17)(H,18,22). The van der Waals surface area contributed by atoms with Gasteiger partial charge in [-0.25, -0.2) is 14.6 Å². The summed E-state index contributed by atoms with van der Waals surface area (Å²) in [6, 6.07) is 3.91. The minimum Gasteiger partial charge on any atom is -0.368 e. The Morgan fingerprint density at radius 1 is 1.41 bits per heavy atom. The summed E-state index contributed by atoms with van der Waals surface area (Å²) in [5.74, 6) is 1.89. The van der Waals surface area contributed by atoms with Crippen molar-refractivity contribution in [3.8, 4) is 0 Å². The third-order valence-corrected chi connectivity index (χ3v) is 3.90. The molecule has 3 rings (SSSR count). The monoisotopic (exact) mass is 300 g/mol. The Balaban J connectivity index is 1.43. The van der Waals surface area contributed by atoms with Gasteiger partial charge in [0.1, 0.15) is 18.0 Å². The predicted octanol–water partition coefficient (Wildman–Crippen LogP) is 0.772. The van der Waals surface area contributed by atoms with Gasteiger partial charge in [0.25, 0.3) is 0 Å². The number of aryl methyl sites for hydroxylation is 2. The van der Waals surface area contributed by atoms with Crippen LogP contribution in [0.4, 0.5) is 5.82 Å². The van der Waals surface area contributed by atoms with Gasteiger partial charge in [0.2, 0.25) is 5.91 Å². The summed E-state index contributed by atoms with van der Waals surface area (Å²) in [5, 5.41) is 10.3. The fourth-order valence-electron chi connectivity index (χ4n) is 2.63. The van der Waals surface area contributed by atoms with Crippen LogP contribution in [0, 0.1) is 12.8 Å². The molecule has 0 saturated heterocycles. The molecule has 1 amide bonds. The number of aromatic nitrogens is 4. The molecule has 0 aliphatic carbocycles. The summed E-state index contributed by atoms with van der Waals surface area (Å²) in [6.07, 6.45) is 4.95. The Labute approximate surface area is 129 Å². The van der Waals surface area contributed by atoms with Crippen molar-refractivity contribution < 1.29 is 4.79 Å². The largest absolute Gasteiger partial charge is 0.368 e. The van der Waals surface area contributed by atoms with Crippen LogP contribution in [-0.2, 0) is 17.8 Å². The molecule has 116 valence electrons. The molecular weight excluding hydrogens is 280 g/mol. The van der Waals surface area contributed by atoms with E-state index in [4.69, 9.17) is 0 Å².